The van der Waals surface area contributed by atoms with Crippen LogP contribution >= 0.6 is 11.8 Å². The Morgan fingerprint density at radius 2 is 2.44 bits per heavy atom. The van der Waals surface area contributed by atoms with Gasteiger partial charge in [0.2, 0.25) is 0 Å². The molecular formula is C12H19N3S. The minimum atomic E-state index is 0.776. The molecule has 0 unspecified atom stereocenters. The summed E-state index contributed by atoms with van der Waals surface area (Å²) in [5, 5.41) is 9.01. The lowest BCUT2D eigenvalue weighted by Crippen LogP contribution is -2.36. The normalized spacial score (nSPS) is 22.2. The van der Waals surface area contributed by atoms with E-state index >= 15 is 0 Å². The van der Waals surface area contributed by atoms with Crippen LogP contribution in [0.2, 0.25) is 0 Å². The predicted octanol–water partition coefficient (Wildman–Crippen LogP) is 2.44. The maximum atomic E-state index is 4.08. The summed E-state index contributed by atoms with van der Waals surface area (Å²) in [6, 6.07) is 4.75. The van der Waals surface area contributed by atoms with Crippen LogP contribution in [0, 0.1) is 0 Å². The van der Waals surface area contributed by atoms with Gasteiger partial charge in [-0.05, 0) is 45.0 Å². The molecule has 1 saturated heterocycles. The van der Waals surface area contributed by atoms with Crippen molar-refractivity contribution in [2.75, 3.05) is 19.3 Å². The van der Waals surface area contributed by atoms with Crippen LogP contribution in [0.25, 0.3) is 0 Å². The fourth-order valence-corrected chi connectivity index (χ4v) is 3.05. The summed E-state index contributed by atoms with van der Waals surface area (Å²) in [6.45, 7) is 1.26. The molecule has 2 rings (SSSR count). The van der Waals surface area contributed by atoms with E-state index in [0.29, 0.717) is 0 Å². The first kappa shape index (κ1) is 11.9. The monoisotopic (exact) mass is 237 g/mol. The van der Waals surface area contributed by atoms with E-state index in [1.54, 1.807) is 6.20 Å². The molecule has 4 heteroatoms. The molecule has 1 atom stereocenters. The number of piperidine rings is 1. The molecule has 0 radical (unpaired) electrons. The fraction of sp³-hybridized carbons (Fsp3) is 0.667. The van der Waals surface area contributed by atoms with E-state index in [1.165, 1.54) is 32.2 Å². The van der Waals surface area contributed by atoms with Gasteiger partial charge >= 0.3 is 0 Å². The van der Waals surface area contributed by atoms with Crippen LogP contribution in [0.3, 0.4) is 0 Å². The Kier molecular flexibility index (Phi) is 4.60. The Bertz CT molecular complexity index is 304. The molecule has 0 aromatic carbocycles. The summed E-state index contributed by atoms with van der Waals surface area (Å²) >= 11 is 1.82. The average Bonchev–Trinajstić information content (AvgIpc) is 2.33. The first-order valence-electron chi connectivity index (χ1n) is 5.97. The summed E-state index contributed by atoms with van der Waals surface area (Å²) in [4.78, 5) is 2.50. The molecule has 0 aliphatic carbocycles. The molecule has 0 N–H and O–H groups in total. The van der Waals surface area contributed by atoms with E-state index in [4.69, 9.17) is 0 Å². The number of rotatable bonds is 4. The quantitative estimate of drug-likeness (QED) is 0.752. The van der Waals surface area contributed by atoms with Gasteiger partial charge in [-0.1, -0.05) is 6.42 Å². The predicted molar refractivity (Wildman–Crippen MR) is 67.6 cm³/mol. The third-order valence-corrected chi connectivity index (χ3v) is 4.12. The Balaban J connectivity index is 1.71. The lowest BCUT2D eigenvalue weighted by Gasteiger charge is -2.32. The second kappa shape index (κ2) is 6.21. The zero-order chi connectivity index (χ0) is 11.2. The molecule has 16 heavy (non-hydrogen) atoms. The van der Waals surface area contributed by atoms with Crippen LogP contribution in [-0.2, 0) is 0 Å². The first-order chi connectivity index (χ1) is 7.86. The Labute approximate surface area is 102 Å². The summed E-state index contributed by atoms with van der Waals surface area (Å²) in [5.74, 6) is 1.15. The molecule has 1 aliphatic rings. The van der Waals surface area contributed by atoms with Crippen molar-refractivity contribution in [3.63, 3.8) is 0 Å². The molecule has 1 aromatic heterocycles. The van der Waals surface area contributed by atoms with Crippen LogP contribution in [0.4, 0.5) is 0 Å². The summed E-state index contributed by atoms with van der Waals surface area (Å²) in [6.07, 6.45) is 7.10. The highest BCUT2D eigenvalue weighted by atomic mass is 32.2. The van der Waals surface area contributed by atoms with Gasteiger partial charge in [0.1, 0.15) is 5.03 Å². The van der Waals surface area contributed by atoms with Crippen molar-refractivity contribution >= 4 is 11.8 Å². The van der Waals surface area contributed by atoms with Gasteiger partial charge in [0.25, 0.3) is 0 Å². The molecule has 2 heterocycles. The molecule has 1 aliphatic heterocycles. The second-order valence-electron chi connectivity index (χ2n) is 4.33. The first-order valence-corrected chi connectivity index (χ1v) is 6.95. The van der Waals surface area contributed by atoms with Gasteiger partial charge in [0.15, 0.2) is 0 Å². The van der Waals surface area contributed by atoms with Crippen molar-refractivity contribution in [3.8, 4) is 0 Å². The van der Waals surface area contributed by atoms with Crippen LogP contribution in [0.1, 0.15) is 25.7 Å². The molecule has 0 amide bonds. The van der Waals surface area contributed by atoms with Gasteiger partial charge in [-0.2, -0.15) is 5.10 Å². The van der Waals surface area contributed by atoms with Crippen molar-refractivity contribution in [1.82, 2.24) is 15.1 Å². The Morgan fingerprint density at radius 1 is 1.50 bits per heavy atom. The maximum absolute atomic E-state index is 4.08. The van der Waals surface area contributed by atoms with Crippen LogP contribution in [0.5, 0.6) is 0 Å². The molecule has 1 aromatic rings. The molecule has 0 bridgehead atoms. The van der Waals surface area contributed by atoms with Crippen LogP contribution < -0.4 is 0 Å². The number of aromatic nitrogens is 2. The van der Waals surface area contributed by atoms with Gasteiger partial charge in [-0.3, -0.25) is 0 Å². The molecular weight excluding hydrogens is 218 g/mol. The lowest BCUT2D eigenvalue weighted by molar-refractivity contribution is 0.182. The van der Waals surface area contributed by atoms with Crippen LogP contribution in [0.15, 0.2) is 23.4 Å². The maximum Gasteiger partial charge on any atom is 0.119 e. The Hall–Kier alpha value is -0.610. The van der Waals surface area contributed by atoms with E-state index in [-0.39, 0.29) is 0 Å². The highest BCUT2D eigenvalue weighted by molar-refractivity contribution is 7.99. The number of hydrogen-bond acceptors (Lipinski definition) is 4. The summed E-state index contributed by atoms with van der Waals surface area (Å²) in [7, 11) is 2.25. The van der Waals surface area contributed by atoms with Crippen molar-refractivity contribution < 1.29 is 0 Å². The van der Waals surface area contributed by atoms with Gasteiger partial charge in [0, 0.05) is 18.0 Å². The molecule has 88 valence electrons. The van der Waals surface area contributed by atoms with Crippen molar-refractivity contribution in [1.29, 1.82) is 0 Å². The van der Waals surface area contributed by atoms with E-state index in [2.05, 4.69) is 22.1 Å². The molecule has 3 nitrogen and oxygen atoms in total. The summed E-state index contributed by atoms with van der Waals surface area (Å²) in [5.41, 5.74) is 0. The smallest absolute Gasteiger partial charge is 0.119 e. The van der Waals surface area contributed by atoms with E-state index < -0.39 is 0 Å². The van der Waals surface area contributed by atoms with Gasteiger partial charge in [-0.15, -0.1) is 16.9 Å². The highest BCUT2D eigenvalue weighted by Crippen LogP contribution is 2.22. The van der Waals surface area contributed by atoms with Gasteiger partial charge < -0.3 is 4.90 Å². The van der Waals surface area contributed by atoms with Gasteiger partial charge in [0.05, 0.1) is 0 Å². The van der Waals surface area contributed by atoms with Gasteiger partial charge in [-0.25, -0.2) is 0 Å². The Morgan fingerprint density at radius 3 is 3.19 bits per heavy atom. The second-order valence-corrected chi connectivity index (χ2v) is 5.44. The average molecular weight is 237 g/mol. The number of nitrogens with zero attached hydrogens (tertiary/aromatic N) is 3. The minimum Gasteiger partial charge on any atom is -0.303 e. The minimum absolute atomic E-state index is 0.776. The third kappa shape index (κ3) is 3.46. The zero-order valence-corrected chi connectivity index (χ0v) is 10.6. The topological polar surface area (TPSA) is 29.0 Å². The van der Waals surface area contributed by atoms with E-state index in [9.17, 15) is 0 Å². The van der Waals surface area contributed by atoms with Crippen LogP contribution in [-0.4, -0.2) is 40.5 Å². The standard InChI is InChI=1S/C12H19N3S/c1-15-9-3-2-5-11(15)7-10-16-12-6-4-8-13-14-12/h4,6,8,11H,2-3,5,7,9-10H2,1H3/t11-/m0/s1. The number of hydrogen-bond donors (Lipinski definition) is 0. The van der Waals surface area contributed by atoms with E-state index in [0.717, 1.165) is 16.8 Å². The SMILES string of the molecule is CN1CCCC[C@H]1CCSc1cccnn1. The molecule has 0 saturated carbocycles. The molecule has 0 spiro atoms. The number of thioether (sulfide) groups is 1. The largest absolute Gasteiger partial charge is 0.303 e. The van der Waals surface area contributed by atoms with Crippen molar-refractivity contribution in [3.05, 3.63) is 18.3 Å². The third-order valence-electron chi connectivity index (χ3n) is 3.17. The summed E-state index contributed by atoms with van der Waals surface area (Å²) < 4.78 is 0. The van der Waals surface area contributed by atoms with Crippen molar-refractivity contribution in [2.24, 2.45) is 0 Å². The number of likely N-dealkylation sites (tertiary alicyclic amines) is 1. The van der Waals surface area contributed by atoms with E-state index in [1.807, 2.05) is 23.9 Å². The lowest BCUT2D eigenvalue weighted by atomic mass is 10.0. The van der Waals surface area contributed by atoms with Crippen molar-refractivity contribution in [2.45, 2.75) is 36.8 Å². The fourth-order valence-electron chi connectivity index (χ4n) is 2.17. The zero-order valence-electron chi connectivity index (χ0n) is 9.80. The highest BCUT2D eigenvalue weighted by Gasteiger charge is 2.18. The molecule has 1 fully saturated rings.